The zero-order chi connectivity index (χ0) is 17.1. The number of aromatic nitrogens is 5. The van der Waals surface area contributed by atoms with Crippen LogP contribution in [0.15, 0.2) is 12.4 Å². The molecule has 134 valence electrons. The van der Waals surface area contributed by atoms with Crippen molar-refractivity contribution < 1.29 is 0 Å². The standard InChI is InChI=1S/C18H27N7/c1-14-11-16(20-13-19-14)21-15-6-9-24(10-7-15)12-18-23-22-17-5-3-2-4-8-25(17)18/h11,13,15H,2-10,12H2,1H3,(H,19,20,21). The fourth-order valence-electron chi connectivity index (χ4n) is 3.84. The molecule has 4 rings (SSSR count). The van der Waals surface area contributed by atoms with E-state index < -0.39 is 0 Å². The van der Waals surface area contributed by atoms with Gasteiger partial charge in [0.2, 0.25) is 0 Å². The van der Waals surface area contributed by atoms with Crippen molar-refractivity contribution in [2.45, 2.75) is 64.6 Å². The third kappa shape index (κ3) is 3.98. The van der Waals surface area contributed by atoms with Crippen molar-refractivity contribution in [1.82, 2.24) is 29.6 Å². The van der Waals surface area contributed by atoms with Crippen LogP contribution in [0.3, 0.4) is 0 Å². The Hall–Kier alpha value is -2.02. The van der Waals surface area contributed by atoms with Crippen LogP contribution in [0.5, 0.6) is 0 Å². The maximum absolute atomic E-state index is 4.47. The van der Waals surface area contributed by atoms with Crippen LogP contribution in [0.25, 0.3) is 0 Å². The van der Waals surface area contributed by atoms with Crippen LogP contribution < -0.4 is 5.32 Å². The number of hydrogen-bond acceptors (Lipinski definition) is 6. The first-order chi connectivity index (χ1) is 12.3. The smallest absolute Gasteiger partial charge is 0.147 e. The van der Waals surface area contributed by atoms with Crippen molar-refractivity contribution in [3.8, 4) is 0 Å². The molecule has 0 atom stereocenters. The molecule has 1 saturated heterocycles. The van der Waals surface area contributed by atoms with Crippen molar-refractivity contribution in [3.63, 3.8) is 0 Å². The van der Waals surface area contributed by atoms with E-state index in [2.05, 4.69) is 34.9 Å². The zero-order valence-corrected chi connectivity index (χ0v) is 15.0. The summed E-state index contributed by atoms with van der Waals surface area (Å²) in [6, 6.07) is 2.50. The third-order valence-corrected chi connectivity index (χ3v) is 5.29. The Morgan fingerprint density at radius 1 is 1.08 bits per heavy atom. The van der Waals surface area contributed by atoms with E-state index in [1.165, 1.54) is 25.1 Å². The SMILES string of the molecule is Cc1cc(NC2CCN(Cc3nnc4n3CCCCC4)CC2)ncn1. The highest BCUT2D eigenvalue weighted by Crippen LogP contribution is 2.19. The average Bonchev–Trinajstić information content (AvgIpc) is 2.84. The number of nitrogens with one attached hydrogen (secondary N) is 1. The van der Waals surface area contributed by atoms with E-state index >= 15 is 0 Å². The minimum Gasteiger partial charge on any atom is -0.367 e. The summed E-state index contributed by atoms with van der Waals surface area (Å²) in [5.41, 5.74) is 1.00. The molecule has 7 nitrogen and oxygen atoms in total. The van der Waals surface area contributed by atoms with Crippen LogP contribution in [0, 0.1) is 6.92 Å². The summed E-state index contributed by atoms with van der Waals surface area (Å²) in [5, 5.41) is 12.4. The summed E-state index contributed by atoms with van der Waals surface area (Å²) >= 11 is 0. The highest BCUT2D eigenvalue weighted by molar-refractivity contribution is 5.35. The molecule has 7 heteroatoms. The number of likely N-dealkylation sites (tertiary alicyclic amines) is 1. The van der Waals surface area contributed by atoms with Crippen LogP contribution in [0.4, 0.5) is 5.82 Å². The van der Waals surface area contributed by atoms with E-state index in [1.54, 1.807) is 6.33 Å². The second kappa shape index (κ2) is 7.47. The van der Waals surface area contributed by atoms with Gasteiger partial charge in [-0.05, 0) is 32.6 Å². The molecule has 4 heterocycles. The van der Waals surface area contributed by atoms with Gasteiger partial charge >= 0.3 is 0 Å². The molecule has 2 aliphatic heterocycles. The van der Waals surface area contributed by atoms with Crippen molar-refractivity contribution in [2.24, 2.45) is 0 Å². The number of nitrogens with zero attached hydrogens (tertiary/aromatic N) is 6. The molecule has 0 saturated carbocycles. The van der Waals surface area contributed by atoms with Crippen molar-refractivity contribution in [3.05, 3.63) is 29.7 Å². The predicted octanol–water partition coefficient (Wildman–Crippen LogP) is 2.18. The fourth-order valence-corrected chi connectivity index (χ4v) is 3.84. The van der Waals surface area contributed by atoms with E-state index in [1.807, 2.05) is 13.0 Å². The minimum absolute atomic E-state index is 0.487. The Bertz CT molecular complexity index is 703. The fraction of sp³-hybridized carbons (Fsp3) is 0.667. The molecular formula is C18H27N7. The van der Waals surface area contributed by atoms with Crippen LogP contribution in [0.2, 0.25) is 0 Å². The lowest BCUT2D eigenvalue weighted by atomic mass is 10.1. The molecule has 0 aromatic carbocycles. The molecule has 0 bridgehead atoms. The third-order valence-electron chi connectivity index (χ3n) is 5.29. The first kappa shape index (κ1) is 16.4. The van der Waals surface area contributed by atoms with Crippen molar-refractivity contribution >= 4 is 5.82 Å². The largest absolute Gasteiger partial charge is 0.367 e. The molecule has 0 aliphatic carbocycles. The monoisotopic (exact) mass is 341 g/mol. The summed E-state index contributed by atoms with van der Waals surface area (Å²) in [7, 11) is 0. The lowest BCUT2D eigenvalue weighted by molar-refractivity contribution is 0.203. The molecule has 0 amide bonds. The van der Waals surface area contributed by atoms with E-state index in [0.717, 1.165) is 62.8 Å². The van der Waals surface area contributed by atoms with Gasteiger partial charge in [-0.3, -0.25) is 4.90 Å². The van der Waals surface area contributed by atoms with E-state index in [-0.39, 0.29) is 0 Å². The Morgan fingerprint density at radius 2 is 1.96 bits per heavy atom. The van der Waals surface area contributed by atoms with Gasteiger partial charge in [-0.15, -0.1) is 10.2 Å². The van der Waals surface area contributed by atoms with Gasteiger partial charge in [-0.25, -0.2) is 9.97 Å². The van der Waals surface area contributed by atoms with Crippen molar-refractivity contribution in [2.75, 3.05) is 18.4 Å². The number of aryl methyl sites for hydroxylation is 2. The number of piperidine rings is 1. The Kier molecular flexibility index (Phi) is 4.92. The molecule has 0 spiro atoms. The van der Waals surface area contributed by atoms with Gasteiger partial charge in [0.15, 0.2) is 0 Å². The highest BCUT2D eigenvalue weighted by Gasteiger charge is 2.22. The normalized spacial score (nSPS) is 19.4. The molecule has 0 radical (unpaired) electrons. The van der Waals surface area contributed by atoms with Gasteiger partial charge in [0.25, 0.3) is 0 Å². The Morgan fingerprint density at radius 3 is 2.80 bits per heavy atom. The van der Waals surface area contributed by atoms with Gasteiger partial charge in [0.1, 0.15) is 23.8 Å². The summed E-state index contributed by atoms with van der Waals surface area (Å²) in [6.45, 7) is 6.18. The molecule has 2 aromatic heterocycles. The van der Waals surface area contributed by atoms with E-state index in [0.29, 0.717) is 6.04 Å². The maximum atomic E-state index is 4.47. The average molecular weight is 341 g/mol. The minimum atomic E-state index is 0.487. The Balaban J connectivity index is 1.31. The van der Waals surface area contributed by atoms with E-state index in [4.69, 9.17) is 0 Å². The number of fused-ring (bicyclic) bond motifs is 1. The number of hydrogen-bond donors (Lipinski definition) is 1. The van der Waals surface area contributed by atoms with E-state index in [9.17, 15) is 0 Å². The molecule has 2 aromatic rings. The molecule has 1 fully saturated rings. The van der Waals surface area contributed by atoms with Gasteiger partial charge in [-0.1, -0.05) is 6.42 Å². The molecule has 1 N–H and O–H groups in total. The summed E-state index contributed by atoms with van der Waals surface area (Å²) in [6.07, 6.45) is 8.78. The summed E-state index contributed by atoms with van der Waals surface area (Å²) in [4.78, 5) is 11.0. The lowest BCUT2D eigenvalue weighted by Crippen LogP contribution is -2.39. The molecular weight excluding hydrogens is 314 g/mol. The number of anilines is 1. The molecule has 2 aliphatic rings. The molecule has 25 heavy (non-hydrogen) atoms. The second-order valence-electron chi connectivity index (χ2n) is 7.23. The van der Waals surface area contributed by atoms with Crippen LogP contribution >= 0.6 is 0 Å². The van der Waals surface area contributed by atoms with Crippen LogP contribution in [-0.2, 0) is 19.5 Å². The number of rotatable bonds is 4. The van der Waals surface area contributed by atoms with Crippen molar-refractivity contribution in [1.29, 1.82) is 0 Å². The van der Waals surface area contributed by atoms with Crippen LogP contribution in [-0.4, -0.2) is 48.8 Å². The summed E-state index contributed by atoms with van der Waals surface area (Å²) in [5.74, 6) is 3.27. The van der Waals surface area contributed by atoms with Gasteiger partial charge in [-0.2, -0.15) is 0 Å². The maximum Gasteiger partial charge on any atom is 0.147 e. The summed E-state index contributed by atoms with van der Waals surface area (Å²) < 4.78 is 2.36. The Labute approximate surface area is 148 Å². The zero-order valence-electron chi connectivity index (χ0n) is 15.0. The lowest BCUT2D eigenvalue weighted by Gasteiger charge is -2.32. The second-order valence-corrected chi connectivity index (χ2v) is 7.23. The quantitative estimate of drug-likeness (QED) is 0.919. The van der Waals surface area contributed by atoms with Gasteiger partial charge in [0.05, 0.1) is 6.54 Å². The predicted molar refractivity (Wildman–Crippen MR) is 96.3 cm³/mol. The first-order valence-electron chi connectivity index (χ1n) is 9.46. The van der Waals surface area contributed by atoms with Gasteiger partial charge in [0, 0.05) is 43.9 Å². The topological polar surface area (TPSA) is 71.8 Å². The van der Waals surface area contributed by atoms with Gasteiger partial charge < -0.3 is 9.88 Å². The highest BCUT2D eigenvalue weighted by atomic mass is 15.3. The van der Waals surface area contributed by atoms with Crippen LogP contribution in [0.1, 0.15) is 49.4 Å². The molecule has 0 unspecified atom stereocenters. The first-order valence-corrected chi connectivity index (χ1v) is 9.46.